The van der Waals surface area contributed by atoms with Crippen LogP contribution in [0.25, 0.3) is 10.2 Å². The number of nitrogens with one attached hydrogen (secondary N) is 1. The number of aryl methyl sites for hydroxylation is 1. The van der Waals surface area contributed by atoms with Gasteiger partial charge in [-0.25, -0.2) is 13.4 Å². The van der Waals surface area contributed by atoms with Gasteiger partial charge in [-0.3, -0.25) is 4.79 Å². The van der Waals surface area contributed by atoms with E-state index in [0.717, 1.165) is 27.1 Å². The molecule has 3 aromatic rings. The third kappa shape index (κ3) is 4.17. The summed E-state index contributed by atoms with van der Waals surface area (Å²) in [6.45, 7) is 2.49. The Morgan fingerprint density at radius 1 is 1.17 bits per heavy atom. The van der Waals surface area contributed by atoms with Gasteiger partial charge in [0.25, 0.3) is 10.0 Å². The number of nitrogens with zero attached hydrogens (tertiary/aromatic N) is 2. The molecule has 4 rings (SSSR count). The lowest BCUT2D eigenvalue weighted by molar-refractivity contribution is -0.120. The Hall–Kier alpha value is -1.23. The van der Waals surface area contributed by atoms with Gasteiger partial charge >= 0.3 is 0 Å². The molecule has 0 unspecified atom stereocenters. The summed E-state index contributed by atoms with van der Waals surface area (Å²) in [5.41, 5.74) is 1.67. The first-order valence-corrected chi connectivity index (χ1v) is 12.7. The van der Waals surface area contributed by atoms with Crippen LogP contribution in [0.3, 0.4) is 0 Å². The van der Waals surface area contributed by atoms with E-state index < -0.39 is 10.0 Å². The molecule has 0 atom stereocenters. The second-order valence-corrected chi connectivity index (χ2v) is 12.1. The summed E-state index contributed by atoms with van der Waals surface area (Å²) in [6, 6.07) is 6.80. The molecule has 0 aliphatic carbocycles. The van der Waals surface area contributed by atoms with Crippen LogP contribution < -0.4 is 5.32 Å². The van der Waals surface area contributed by atoms with Crippen molar-refractivity contribution >= 4 is 77.2 Å². The lowest BCUT2D eigenvalue weighted by Gasteiger charge is -2.29. The number of thiophene rings is 1. The van der Waals surface area contributed by atoms with Crippen molar-refractivity contribution in [3.05, 3.63) is 39.2 Å². The van der Waals surface area contributed by atoms with Crippen molar-refractivity contribution in [2.45, 2.75) is 24.0 Å². The Bertz CT molecular complexity index is 1180. The first-order chi connectivity index (χ1) is 13.8. The number of carbonyl (C=O) groups is 1. The van der Waals surface area contributed by atoms with Gasteiger partial charge in [-0.2, -0.15) is 4.31 Å². The van der Waals surface area contributed by atoms with E-state index in [2.05, 4.69) is 10.3 Å². The first-order valence-electron chi connectivity index (χ1n) is 8.87. The maximum Gasteiger partial charge on any atom is 0.252 e. The Balaban J connectivity index is 1.41. The number of amides is 1. The Labute approximate surface area is 186 Å². The molecule has 1 aliphatic heterocycles. The van der Waals surface area contributed by atoms with Gasteiger partial charge in [0.05, 0.1) is 14.6 Å². The number of carbonyl (C=O) groups excluding carboxylic acids is 1. The van der Waals surface area contributed by atoms with Crippen LogP contribution in [0.5, 0.6) is 0 Å². The van der Waals surface area contributed by atoms with E-state index >= 15 is 0 Å². The molecule has 2 aromatic heterocycles. The second kappa shape index (κ2) is 8.13. The van der Waals surface area contributed by atoms with Crippen LogP contribution >= 0.6 is 45.9 Å². The first kappa shape index (κ1) is 21.0. The molecule has 6 nitrogen and oxygen atoms in total. The minimum Gasteiger partial charge on any atom is -0.302 e. The Kier molecular flexibility index (Phi) is 5.89. The number of rotatable bonds is 4. The van der Waals surface area contributed by atoms with Gasteiger partial charge in [0.15, 0.2) is 5.13 Å². The number of fused-ring (bicyclic) bond motifs is 1. The average molecular weight is 490 g/mol. The van der Waals surface area contributed by atoms with Crippen molar-refractivity contribution < 1.29 is 13.2 Å². The van der Waals surface area contributed by atoms with Gasteiger partial charge in [-0.05, 0) is 49.6 Å². The summed E-state index contributed by atoms with van der Waals surface area (Å²) in [5.74, 6) is -0.394. The molecule has 1 N–H and O–H groups in total. The maximum atomic E-state index is 12.7. The van der Waals surface area contributed by atoms with Gasteiger partial charge in [-0.1, -0.05) is 34.5 Å². The molecule has 154 valence electrons. The van der Waals surface area contributed by atoms with E-state index in [-0.39, 0.29) is 16.0 Å². The van der Waals surface area contributed by atoms with Gasteiger partial charge in [-0.15, -0.1) is 11.3 Å². The normalized spacial score (nSPS) is 16.4. The fraction of sp³-hybridized carbons (Fsp3) is 0.333. The molecule has 0 spiro atoms. The number of thiazole rings is 1. The second-order valence-electron chi connectivity index (χ2n) is 6.76. The van der Waals surface area contributed by atoms with Crippen molar-refractivity contribution in [1.82, 2.24) is 9.29 Å². The van der Waals surface area contributed by atoms with Crippen LogP contribution in [0.1, 0.15) is 18.4 Å². The summed E-state index contributed by atoms with van der Waals surface area (Å²) >= 11 is 14.4. The van der Waals surface area contributed by atoms with Gasteiger partial charge in [0.2, 0.25) is 5.91 Å². The number of halogens is 2. The van der Waals surface area contributed by atoms with E-state index in [1.165, 1.54) is 21.7 Å². The topological polar surface area (TPSA) is 79.4 Å². The third-order valence-corrected chi connectivity index (χ3v) is 9.89. The van der Waals surface area contributed by atoms with Crippen molar-refractivity contribution in [2.24, 2.45) is 5.92 Å². The van der Waals surface area contributed by atoms with Crippen LogP contribution in [0.15, 0.2) is 28.5 Å². The summed E-state index contributed by atoms with van der Waals surface area (Å²) in [6.07, 6.45) is 0.917. The predicted octanol–water partition coefficient (Wildman–Crippen LogP) is 5.01. The number of hydrogen-bond acceptors (Lipinski definition) is 6. The standard InChI is InChI=1S/C18H17Cl2N3O3S3/c1-10-12(19)2-3-13-16(10)21-18(27-13)22-17(24)11-6-8-23(9-7-11)29(25,26)15-5-4-14(20)28-15/h2-5,11H,6-9H2,1H3,(H,21,22,24). The molecular weight excluding hydrogens is 473 g/mol. The van der Waals surface area contributed by atoms with E-state index in [0.29, 0.717) is 40.4 Å². The monoisotopic (exact) mass is 489 g/mol. The summed E-state index contributed by atoms with van der Waals surface area (Å²) in [7, 11) is -3.56. The SMILES string of the molecule is Cc1c(Cl)ccc2sc(NC(=O)C3CCN(S(=O)(=O)c4ccc(Cl)s4)CC3)nc12. The van der Waals surface area contributed by atoms with Crippen LogP contribution in [0, 0.1) is 12.8 Å². The predicted molar refractivity (Wildman–Crippen MR) is 119 cm³/mol. The summed E-state index contributed by atoms with van der Waals surface area (Å²) in [5, 5.41) is 4.04. The van der Waals surface area contributed by atoms with Gasteiger partial charge in [0, 0.05) is 24.0 Å². The van der Waals surface area contributed by atoms with E-state index in [1.807, 2.05) is 19.1 Å². The molecule has 1 aromatic carbocycles. The highest BCUT2D eigenvalue weighted by Crippen LogP contribution is 2.33. The third-order valence-electron chi connectivity index (χ3n) is 4.95. The smallest absolute Gasteiger partial charge is 0.252 e. The minimum atomic E-state index is -3.56. The number of sulfonamides is 1. The Morgan fingerprint density at radius 3 is 2.55 bits per heavy atom. The number of anilines is 1. The number of hydrogen-bond donors (Lipinski definition) is 1. The molecule has 1 saturated heterocycles. The summed E-state index contributed by atoms with van der Waals surface area (Å²) < 4.78 is 28.4. The minimum absolute atomic E-state index is 0.135. The van der Waals surface area contributed by atoms with Crippen LogP contribution in [-0.2, 0) is 14.8 Å². The van der Waals surface area contributed by atoms with Crippen molar-refractivity contribution in [1.29, 1.82) is 0 Å². The largest absolute Gasteiger partial charge is 0.302 e. The van der Waals surface area contributed by atoms with Crippen molar-refractivity contribution in [3.63, 3.8) is 0 Å². The quantitative estimate of drug-likeness (QED) is 0.558. The fourth-order valence-corrected chi connectivity index (χ4v) is 7.47. The number of aromatic nitrogens is 1. The molecule has 1 aliphatic rings. The van der Waals surface area contributed by atoms with Gasteiger partial charge in [0.1, 0.15) is 4.21 Å². The molecule has 1 amide bonds. The van der Waals surface area contributed by atoms with E-state index in [9.17, 15) is 13.2 Å². The maximum absolute atomic E-state index is 12.7. The fourth-order valence-electron chi connectivity index (χ4n) is 3.28. The lowest BCUT2D eigenvalue weighted by Crippen LogP contribution is -2.41. The van der Waals surface area contributed by atoms with Crippen molar-refractivity contribution in [3.8, 4) is 0 Å². The van der Waals surface area contributed by atoms with Crippen LogP contribution in [0.2, 0.25) is 9.36 Å². The zero-order valence-electron chi connectivity index (χ0n) is 15.3. The number of piperidine rings is 1. The van der Waals surface area contributed by atoms with E-state index in [1.54, 1.807) is 6.07 Å². The molecule has 11 heteroatoms. The van der Waals surface area contributed by atoms with Gasteiger partial charge < -0.3 is 5.32 Å². The Morgan fingerprint density at radius 2 is 1.90 bits per heavy atom. The highest BCUT2D eigenvalue weighted by Gasteiger charge is 2.33. The molecule has 0 radical (unpaired) electrons. The highest BCUT2D eigenvalue weighted by molar-refractivity contribution is 7.91. The molecule has 0 saturated carbocycles. The molecule has 1 fully saturated rings. The zero-order valence-corrected chi connectivity index (χ0v) is 19.3. The molecule has 3 heterocycles. The van der Waals surface area contributed by atoms with Crippen molar-refractivity contribution in [2.75, 3.05) is 18.4 Å². The van der Waals surface area contributed by atoms with Crippen LogP contribution in [0.4, 0.5) is 5.13 Å². The van der Waals surface area contributed by atoms with E-state index in [4.69, 9.17) is 23.2 Å². The lowest BCUT2D eigenvalue weighted by atomic mass is 9.97. The summed E-state index contributed by atoms with van der Waals surface area (Å²) in [4.78, 5) is 17.2. The highest BCUT2D eigenvalue weighted by atomic mass is 35.5. The zero-order chi connectivity index (χ0) is 20.8. The van der Waals surface area contributed by atoms with Crippen LogP contribution in [-0.4, -0.2) is 36.7 Å². The molecular formula is C18H17Cl2N3O3S3. The molecule has 0 bridgehead atoms. The number of benzene rings is 1. The molecule has 29 heavy (non-hydrogen) atoms. The average Bonchev–Trinajstić information content (AvgIpc) is 3.31.